The molecule has 0 saturated carbocycles. The number of nitrogens with one attached hydrogen (secondary N) is 1. The molecule has 0 bridgehead atoms. The van der Waals surface area contributed by atoms with Gasteiger partial charge in [0.25, 0.3) is 0 Å². The summed E-state index contributed by atoms with van der Waals surface area (Å²) in [6, 6.07) is 0. The minimum atomic E-state index is -0.491. The number of likely N-dealkylation sites (tertiary alicyclic amines) is 1. The zero-order valence-electron chi connectivity index (χ0n) is 13.9. The largest absolute Gasteiger partial charge is 0.444 e. The molecule has 23 heavy (non-hydrogen) atoms. The van der Waals surface area contributed by atoms with E-state index in [1.807, 2.05) is 20.8 Å². The Morgan fingerprint density at radius 1 is 1.39 bits per heavy atom. The van der Waals surface area contributed by atoms with Gasteiger partial charge in [0.1, 0.15) is 11.3 Å². The normalized spacial score (nSPS) is 18.7. The number of nitrogens with zero attached hydrogens (tertiary/aromatic N) is 3. The van der Waals surface area contributed by atoms with Crippen molar-refractivity contribution in [3.8, 4) is 0 Å². The lowest BCUT2D eigenvalue weighted by Crippen LogP contribution is -2.36. The van der Waals surface area contributed by atoms with Crippen molar-refractivity contribution in [2.24, 2.45) is 5.92 Å². The number of aromatic nitrogens is 2. The van der Waals surface area contributed by atoms with Crippen molar-refractivity contribution in [1.29, 1.82) is 0 Å². The number of rotatable bonds is 5. The minimum Gasteiger partial charge on any atom is -0.444 e. The van der Waals surface area contributed by atoms with Crippen LogP contribution in [0, 0.1) is 5.92 Å². The maximum Gasteiger partial charge on any atom is 0.407 e. The molecule has 0 radical (unpaired) electrons. The average Bonchev–Trinajstić information content (AvgIpc) is 2.92. The summed E-state index contributed by atoms with van der Waals surface area (Å²) < 4.78 is 5.21. The van der Waals surface area contributed by atoms with Crippen LogP contribution in [-0.2, 0) is 4.74 Å². The molecular weight excluding hydrogens is 296 g/mol. The fraction of sp³-hybridized carbons (Fsp3) is 0.625. The lowest BCUT2D eigenvalue weighted by atomic mass is 10.1. The molecule has 1 amide bonds. The molecule has 1 N–H and O–H groups in total. The molecule has 1 aromatic rings. The fourth-order valence-corrected chi connectivity index (χ4v) is 2.49. The molecule has 7 nitrogen and oxygen atoms in total. The Morgan fingerprint density at radius 2 is 2.17 bits per heavy atom. The number of hydrogen-bond acceptors (Lipinski definition) is 6. The third-order valence-electron chi connectivity index (χ3n) is 3.52. The van der Waals surface area contributed by atoms with Crippen molar-refractivity contribution < 1.29 is 14.3 Å². The molecule has 1 fully saturated rings. The van der Waals surface area contributed by atoms with Crippen LogP contribution in [0.15, 0.2) is 18.6 Å². The summed E-state index contributed by atoms with van der Waals surface area (Å²) in [5.41, 5.74) is -0.0996. The van der Waals surface area contributed by atoms with Crippen molar-refractivity contribution in [3.63, 3.8) is 0 Å². The molecule has 0 aliphatic carbocycles. The molecule has 2 heterocycles. The summed E-state index contributed by atoms with van der Waals surface area (Å²) in [5, 5.41) is 2.79. The lowest BCUT2D eigenvalue weighted by molar-refractivity contribution is 0.0519. The van der Waals surface area contributed by atoms with Crippen LogP contribution >= 0.6 is 0 Å². The first-order valence-electron chi connectivity index (χ1n) is 7.82. The number of alkyl carbamates (subject to hydrolysis) is 1. The molecule has 1 saturated heterocycles. The third kappa shape index (κ3) is 5.94. The lowest BCUT2D eigenvalue weighted by Gasteiger charge is -2.20. The van der Waals surface area contributed by atoms with Gasteiger partial charge >= 0.3 is 6.09 Å². The molecule has 1 aromatic heterocycles. The second-order valence-electron chi connectivity index (χ2n) is 6.79. The van der Waals surface area contributed by atoms with E-state index in [0.717, 1.165) is 19.5 Å². The molecule has 1 aliphatic heterocycles. The average molecular weight is 320 g/mol. The van der Waals surface area contributed by atoms with Gasteiger partial charge in [0.05, 0.1) is 12.7 Å². The molecule has 0 spiro atoms. The summed E-state index contributed by atoms with van der Waals surface area (Å²) in [6.07, 6.45) is 5.10. The zero-order valence-corrected chi connectivity index (χ0v) is 13.9. The highest BCUT2D eigenvalue weighted by Gasteiger charge is 2.25. The van der Waals surface area contributed by atoms with Gasteiger partial charge in [0.15, 0.2) is 5.78 Å². The van der Waals surface area contributed by atoms with Gasteiger partial charge in [-0.2, -0.15) is 0 Å². The Hall–Kier alpha value is -2.02. The van der Waals surface area contributed by atoms with Crippen molar-refractivity contribution in [2.75, 3.05) is 26.2 Å². The number of Topliss-reactive ketones (excluding diaryl/α,β-unsaturated/α-hetero) is 1. The maximum absolute atomic E-state index is 12.1. The summed E-state index contributed by atoms with van der Waals surface area (Å²) in [6.45, 7) is 8.02. The topological polar surface area (TPSA) is 84.4 Å². The van der Waals surface area contributed by atoms with Gasteiger partial charge in [0.2, 0.25) is 0 Å². The Bertz CT molecular complexity index is 542. The van der Waals surface area contributed by atoms with Crippen LogP contribution in [0.4, 0.5) is 4.79 Å². The van der Waals surface area contributed by atoms with Crippen LogP contribution in [-0.4, -0.2) is 58.5 Å². The summed E-state index contributed by atoms with van der Waals surface area (Å²) in [5.74, 6) is 0.302. The van der Waals surface area contributed by atoms with Gasteiger partial charge < -0.3 is 10.1 Å². The second-order valence-corrected chi connectivity index (χ2v) is 6.79. The third-order valence-corrected chi connectivity index (χ3v) is 3.52. The highest BCUT2D eigenvalue weighted by molar-refractivity contribution is 5.95. The Morgan fingerprint density at radius 3 is 2.83 bits per heavy atom. The van der Waals surface area contributed by atoms with E-state index >= 15 is 0 Å². The van der Waals surface area contributed by atoms with E-state index in [1.54, 1.807) is 6.20 Å². The van der Waals surface area contributed by atoms with Crippen molar-refractivity contribution >= 4 is 11.9 Å². The quantitative estimate of drug-likeness (QED) is 0.828. The van der Waals surface area contributed by atoms with Crippen LogP contribution < -0.4 is 5.32 Å². The van der Waals surface area contributed by atoms with Gasteiger partial charge in [-0.25, -0.2) is 9.78 Å². The Labute approximate surface area is 136 Å². The molecule has 2 rings (SSSR count). The summed E-state index contributed by atoms with van der Waals surface area (Å²) >= 11 is 0. The number of carbonyl (C=O) groups excluding carboxylic acids is 2. The molecule has 126 valence electrons. The SMILES string of the molecule is CC(C)(C)OC(=O)NCC1CCN(CC(=O)c2cnccn2)C1. The number of ketones is 1. The van der Waals surface area contributed by atoms with Gasteiger partial charge in [-0.3, -0.25) is 14.7 Å². The van der Waals surface area contributed by atoms with E-state index in [1.165, 1.54) is 12.4 Å². The number of carbonyl (C=O) groups is 2. The minimum absolute atomic E-state index is 0.0288. The zero-order chi connectivity index (χ0) is 16.9. The predicted octanol–water partition coefficient (Wildman–Crippen LogP) is 1.51. The van der Waals surface area contributed by atoms with Gasteiger partial charge in [-0.05, 0) is 39.7 Å². The number of hydrogen-bond donors (Lipinski definition) is 1. The van der Waals surface area contributed by atoms with E-state index < -0.39 is 11.7 Å². The molecule has 1 atom stereocenters. The van der Waals surface area contributed by atoms with Crippen molar-refractivity contribution in [2.45, 2.75) is 32.8 Å². The molecular formula is C16H24N4O3. The second kappa shape index (κ2) is 7.50. The fourth-order valence-electron chi connectivity index (χ4n) is 2.49. The van der Waals surface area contributed by atoms with Crippen molar-refractivity contribution in [3.05, 3.63) is 24.3 Å². The Kier molecular flexibility index (Phi) is 5.65. The van der Waals surface area contributed by atoms with Crippen LogP contribution in [0.25, 0.3) is 0 Å². The molecule has 7 heteroatoms. The van der Waals surface area contributed by atoms with Gasteiger partial charge in [-0.15, -0.1) is 0 Å². The predicted molar refractivity (Wildman–Crippen MR) is 85.1 cm³/mol. The van der Waals surface area contributed by atoms with Crippen LogP contribution in [0.2, 0.25) is 0 Å². The van der Waals surface area contributed by atoms with E-state index in [9.17, 15) is 9.59 Å². The smallest absolute Gasteiger partial charge is 0.407 e. The first kappa shape index (κ1) is 17.3. The van der Waals surface area contributed by atoms with Crippen LogP contribution in [0.1, 0.15) is 37.7 Å². The molecule has 0 aromatic carbocycles. The number of amides is 1. The van der Waals surface area contributed by atoms with Gasteiger partial charge in [0, 0.05) is 25.5 Å². The maximum atomic E-state index is 12.1. The summed E-state index contributed by atoms with van der Waals surface area (Å²) in [4.78, 5) is 33.8. The first-order valence-corrected chi connectivity index (χ1v) is 7.82. The van der Waals surface area contributed by atoms with Crippen LogP contribution in [0.3, 0.4) is 0 Å². The Balaban J connectivity index is 1.72. The van der Waals surface area contributed by atoms with Gasteiger partial charge in [-0.1, -0.05) is 0 Å². The van der Waals surface area contributed by atoms with E-state index in [4.69, 9.17) is 4.74 Å². The van der Waals surface area contributed by atoms with Crippen molar-refractivity contribution in [1.82, 2.24) is 20.2 Å². The molecule has 1 unspecified atom stereocenters. The van der Waals surface area contributed by atoms with E-state index in [0.29, 0.717) is 24.7 Å². The standard InChI is InChI=1S/C16H24N4O3/c1-16(2,3)23-15(22)19-8-12-4-7-20(10-12)11-14(21)13-9-17-5-6-18-13/h5-6,9,12H,4,7-8,10-11H2,1-3H3,(H,19,22). The van der Waals surface area contributed by atoms with E-state index in [-0.39, 0.29) is 5.78 Å². The highest BCUT2D eigenvalue weighted by atomic mass is 16.6. The first-order chi connectivity index (χ1) is 10.8. The highest BCUT2D eigenvalue weighted by Crippen LogP contribution is 2.16. The number of ether oxygens (including phenoxy) is 1. The van der Waals surface area contributed by atoms with Crippen LogP contribution in [0.5, 0.6) is 0 Å². The monoisotopic (exact) mass is 320 g/mol. The molecule has 1 aliphatic rings. The summed E-state index contributed by atoms with van der Waals surface area (Å²) in [7, 11) is 0. The van der Waals surface area contributed by atoms with E-state index in [2.05, 4.69) is 20.2 Å².